The smallest absolute Gasteiger partial charge is 0.261 e. The first kappa shape index (κ1) is 9.15. The van der Waals surface area contributed by atoms with Crippen LogP contribution in [0.2, 0.25) is 0 Å². The van der Waals surface area contributed by atoms with Crippen LogP contribution in [-0.4, -0.2) is 12.1 Å². The van der Waals surface area contributed by atoms with Crippen LogP contribution in [0.25, 0.3) is 10.8 Å². The second kappa shape index (κ2) is 3.38. The molecule has 2 aromatic rings. The first-order valence-corrected chi connectivity index (χ1v) is 4.68. The van der Waals surface area contributed by atoms with E-state index >= 15 is 0 Å². The molecule has 1 heterocycles. The Morgan fingerprint density at radius 1 is 1.43 bits per heavy atom. The van der Waals surface area contributed by atoms with Crippen molar-refractivity contribution in [3.8, 4) is 0 Å². The van der Waals surface area contributed by atoms with Gasteiger partial charge in [0, 0.05) is 15.2 Å². The molecule has 0 radical (unpaired) electrons. The van der Waals surface area contributed by atoms with Crippen molar-refractivity contribution in [1.29, 1.82) is 0 Å². The van der Waals surface area contributed by atoms with E-state index in [4.69, 9.17) is 4.42 Å². The molecule has 0 saturated heterocycles. The van der Waals surface area contributed by atoms with Gasteiger partial charge in [-0.25, -0.2) is 0 Å². The van der Waals surface area contributed by atoms with Crippen molar-refractivity contribution in [2.75, 3.05) is 0 Å². The molecule has 4 heteroatoms. The van der Waals surface area contributed by atoms with E-state index in [1.54, 1.807) is 6.07 Å². The van der Waals surface area contributed by atoms with Crippen molar-refractivity contribution in [3.63, 3.8) is 0 Å². The number of benzene rings is 1. The predicted molar refractivity (Wildman–Crippen MR) is 54.3 cm³/mol. The van der Waals surface area contributed by atoms with Gasteiger partial charge in [-0.1, -0.05) is 22.0 Å². The molecule has 0 atom stereocenters. The Balaban J connectivity index is 2.72. The highest BCUT2D eigenvalue weighted by Crippen LogP contribution is 2.24. The zero-order valence-corrected chi connectivity index (χ0v) is 8.58. The molecule has 0 N–H and O–H groups in total. The lowest BCUT2D eigenvalue weighted by Gasteiger charge is -1.91. The van der Waals surface area contributed by atoms with Gasteiger partial charge in [-0.3, -0.25) is 9.59 Å². The molecule has 0 unspecified atom stereocenters. The Bertz CT molecular complexity index is 513. The summed E-state index contributed by atoms with van der Waals surface area (Å²) in [5.41, 5.74) is 0. The van der Waals surface area contributed by atoms with E-state index < -0.39 is 5.78 Å². The molecule has 2 rings (SSSR count). The summed E-state index contributed by atoms with van der Waals surface area (Å²) < 4.78 is 5.86. The maximum absolute atomic E-state index is 11.1. The average molecular weight is 253 g/mol. The van der Waals surface area contributed by atoms with E-state index in [0.717, 1.165) is 9.86 Å². The third-order valence-corrected chi connectivity index (χ3v) is 2.39. The Hall–Kier alpha value is -1.42. The van der Waals surface area contributed by atoms with E-state index in [9.17, 15) is 9.59 Å². The van der Waals surface area contributed by atoms with Crippen LogP contribution in [-0.2, 0) is 4.79 Å². The average Bonchev–Trinajstić information content (AvgIpc) is 2.59. The fourth-order valence-electron chi connectivity index (χ4n) is 1.26. The van der Waals surface area contributed by atoms with Gasteiger partial charge < -0.3 is 4.42 Å². The van der Waals surface area contributed by atoms with Gasteiger partial charge in [0.15, 0.2) is 12.0 Å². The second-order valence-electron chi connectivity index (χ2n) is 2.78. The van der Waals surface area contributed by atoms with Gasteiger partial charge in [-0.05, 0) is 12.1 Å². The van der Waals surface area contributed by atoms with Crippen LogP contribution in [0.3, 0.4) is 0 Å². The van der Waals surface area contributed by atoms with Crippen LogP contribution in [0.5, 0.6) is 0 Å². The van der Waals surface area contributed by atoms with Crippen LogP contribution >= 0.6 is 15.9 Å². The van der Waals surface area contributed by atoms with Crippen molar-refractivity contribution >= 4 is 38.8 Å². The molecule has 0 aliphatic heterocycles. The molecule has 0 bridgehead atoms. The van der Waals surface area contributed by atoms with Crippen molar-refractivity contribution in [2.45, 2.75) is 0 Å². The molecule has 0 aliphatic carbocycles. The number of furan rings is 1. The molecule has 0 aliphatic rings. The first-order valence-electron chi connectivity index (χ1n) is 3.88. The van der Waals surface area contributed by atoms with E-state index in [1.807, 2.05) is 12.1 Å². The molecule has 0 saturated carbocycles. The standard InChI is InChI=1S/C10H5BrO3/c11-7-2-1-6-5-14-10(8(6)3-7)9(13)4-12/h1-5H. The normalized spacial score (nSPS) is 10.4. The quantitative estimate of drug-likeness (QED) is 0.469. The minimum Gasteiger partial charge on any atom is -0.459 e. The Morgan fingerprint density at radius 3 is 2.93 bits per heavy atom. The lowest BCUT2D eigenvalue weighted by Crippen LogP contribution is -1.97. The number of halogens is 1. The lowest BCUT2D eigenvalue weighted by molar-refractivity contribution is -0.104. The lowest BCUT2D eigenvalue weighted by atomic mass is 10.1. The number of rotatable bonds is 2. The fraction of sp³-hybridized carbons (Fsp3) is 0. The summed E-state index contributed by atoms with van der Waals surface area (Å²) in [6.07, 6.45) is 1.71. The zero-order valence-electron chi connectivity index (χ0n) is 6.99. The zero-order chi connectivity index (χ0) is 10.1. The first-order chi connectivity index (χ1) is 6.72. The van der Waals surface area contributed by atoms with E-state index in [-0.39, 0.29) is 12.0 Å². The number of aldehydes is 1. The number of carbonyl (C=O) groups is 2. The van der Waals surface area contributed by atoms with Crippen molar-refractivity contribution in [1.82, 2.24) is 0 Å². The van der Waals surface area contributed by atoms with Crippen molar-refractivity contribution in [3.05, 3.63) is 34.7 Å². The SMILES string of the molecule is O=CC(=O)c1occ2ccc(Br)cc12. The monoisotopic (exact) mass is 252 g/mol. The molecular formula is C10H5BrO3. The van der Waals surface area contributed by atoms with Gasteiger partial charge in [0.2, 0.25) is 0 Å². The Morgan fingerprint density at radius 2 is 2.21 bits per heavy atom. The highest BCUT2D eigenvalue weighted by molar-refractivity contribution is 9.10. The van der Waals surface area contributed by atoms with Crippen LogP contribution in [0.1, 0.15) is 10.6 Å². The summed E-state index contributed by atoms with van der Waals surface area (Å²) in [7, 11) is 0. The van der Waals surface area contributed by atoms with Gasteiger partial charge in [0.1, 0.15) is 0 Å². The van der Waals surface area contributed by atoms with E-state index in [1.165, 1.54) is 6.26 Å². The minimum atomic E-state index is -0.641. The number of hydrogen-bond donors (Lipinski definition) is 0. The van der Waals surface area contributed by atoms with Crippen molar-refractivity contribution in [2.24, 2.45) is 0 Å². The van der Waals surface area contributed by atoms with Crippen LogP contribution in [0.4, 0.5) is 0 Å². The molecule has 1 aromatic carbocycles. The van der Waals surface area contributed by atoms with Crippen LogP contribution < -0.4 is 0 Å². The van der Waals surface area contributed by atoms with Gasteiger partial charge in [-0.2, -0.15) is 0 Å². The van der Waals surface area contributed by atoms with Gasteiger partial charge in [0.05, 0.1) is 6.26 Å². The highest BCUT2D eigenvalue weighted by Gasteiger charge is 2.13. The molecule has 70 valence electrons. The number of hydrogen-bond acceptors (Lipinski definition) is 3. The minimum absolute atomic E-state index is 0.0938. The summed E-state index contributed by atoms with van der Waals surface area (Å²) in [6, 6.07) is 5.40. The number of fused-ring (bicyclic) bond motifs is 1. The van der Waals surface area contributed by atoms with Gasteiger partial charge in [-0.15, -0.1) is 0 Å². The Kier molecular flexibility index (Phi) is 2.21. The fourth-order valence-corrected chi connectivity index (χ4v) is 1.62. The van der Waals surface area contributed by atoms with Gasteiger partial charge >= 0.3 is 0 Å². The number of ketones is 1. The molecule has 0 spiro atoms. The molecule has 1 aromatic heterocycles. The number of carbonyl (C=O) groups excluding carboxylic acids is 2. The van der Waals surface area contributed by atoms with Gasteiger partial charge in [0.25, 0.3) is 5.78 Å². The highest BCUT2D eigenvalue weighted by atomic mass is 79.9. The van der Waals surface area contributed by atoms with Crippen molar-refractivity contribution < 1.29 is 14.0 Å². The summed E-state index contributed by atoms with van der Waals surface area (Å²) in [6.45, 7) is 0. The number of Topliss-reactive ketones (excluding diaryl/α,β-unsaturated/α-hetero) is 1. The third kappa shape index (κ3) is 1.37. The molecule has 0 fully saturated rings. The predicted octanol–water partition coefficient (Wildman–Crippen LogP) is 2.58. The summed E-state index contributed by atoms with van der Waals surface area (Å²) >= 11 is 3.28. The summed E-state index contributed by atoms with van der Waals surface area (Å²) in [5, 5.41) is 1.45. The van der Waals surface area contributed by atoms with E-state index in [0.29, 0.717) is 5.39 Å². The van der Waals surface area contributed by atoms with Crippen LogP contribution in [0, 0.1) is 0 Å². The van der Waals surface area contributed by atoms with Crippen LogP contribution in [0.15, 0.2) is 33.4 Å². The third-order valence-electron chi connectivity index (χ3n) is 1.89. The molecule has 0 amide bonds. The topological polar surface area (TPSA) is 47.3 Å². The maximum atomic E-state index is 11.1. The Labute approximate surface area is 87.8 Å². The largest absolute Gasteiger partial charge is 0.459 e. The maximum Gasteiger partial charge on any atom is 0.261 e. The van der Waals surface area contributed by atoms with E-state index in [2.05, 4.69) is 15.9 Å². The molecule has 14 heavy (non-hydrogen) atoms. The molecular weight excluding hydrogens is 248 g/mol. The summed E-state index contributed by atoms with van der Waals surface area (Å²) in [4.78, 5) is 21.4. The second-order valence-corrected chi connectivity index (χ2v) is 3.69. The molecule has 3 nitrogen and oxygen atoms in total. The summed E-state index contributed by atoms with van der Waals surface area (Å²) in [5.74, 6) is -0.547.